The van der Waals surface area contributed by atoms with E-state index < -0.39 is 6.04 Å². The molecule has 7 heteroatoms. The van der Waals surface area contributed by atoms with E-state index in [0.29, 0.717) is 32.4 Å². The molecule has 2 heterocycles. The van der Waals surface area contributed by atoms with E-state index >= 15 is 0 Å². The van der Waals surface area contributed by atoms with Crippen LogP contribution in [0.1, 0.15) is 18.5 Å². The predicted octanol–water partition coefficient (Wildman–Crippen LogP) is -0.315. The quantitative estimate of drug-likeness (QED) is 0.704. The normalized spacial score (nSPS) is 18.2. The van der Waals surface area contributed by atoms with Crippen molar-refractivity contribution in [2.45, 2.75) is 31.4 Å². The minimum atomic E-state index is -0.536. The second kappa shape index (κ2) is 6.72. The summed E-state index contributed by atoms with van der Waals surface area (Å²) in [5, 5.41) is 9.37. The van der Waals surface area contributed by atoms with Crippen LogP contribution in [0, 0.1) is 0 Å². The Bertz CT molecular complexity index is 363. The lowest BCUT2D eigenvalue weighted by atomic mass is 10.1. The van der Waals surface area contributed by atoms with Gasteiger partial charge in [0.2, 0.25) is 5.91 Å². The Morgan fingerprint density at radius 2 is 2.28 bits per heavy atom. The number of imidazole rings is 1. The number of aliphatic hydroxyl groups is 1. The highest BCUT2D eigenvalue weighted by molar-refractivity contribution is 5.85. The third kappa shape index (κ3) is 3.69. The summed E-state index contributed by atoms with van der Waals surface area (Å²) in [4.78, 5) is 20.6. The summed E-state index contributed by atoms with van der Waals surface area (Å²) in [5.74, 6) is -0.0495. The molecule has 1 saturated heterocycles. The molecule has 1 aromatic heterocycles. The molecule has 0 bridgehead atoms. The van der Waals surface area contributed by atoms with E-state index in [1.807, 2.05) is 0 Å². The number of piperidine rings is 1. The first-order valence-electron chi connectivity index (χ1n) is 5.86. The lowest BCUT2D eigenvalue weighted by molar-refractivity contribution is -0.134. The number of H-pyrrole nitrogens is 1. The summed E-state index contributed by atoms with van der Waals surface area (Å²) in [7, 11) is 0. The van der Waals surface area contributed by atoms with Crippen LogP contribution in [0.4, 0.5) is 0 Å². The molecule has 1 amide bonds. The van der Waals surface area contributed by atoms with Crippen molar-refractivity contribution in [3.63, 3.8) is 0 Å². The Hall–Kier alpha value is -1.11. The summed E-state index contributed by atoms with van der Waals surface area (Å²) in [6.45, 7) is 1.19. The number of carbonyl (C=O) groups is 1. The van der Waals surface area contributed by atoms with Crippen LogP contribution in [-0.4, -0.2) is 51.1 Å². The maximum absolute atomic E-state index is 12.0. The number of halogens is 1. The number of rotatable bonds is 3. The zero-order valence-corrected chi connectivity index (χ0v) is 10.9. The van der Waals surface area contributed by atoms with E-state index in [-0.39, 0.29) is 24.4 Å². The lowest BCUT2D eigenvalue weighted by Gasteiger charge is -2.31. The van der Waals surface area contributed by atoms with E-state index in [1.165, 1.54) is 0 Å². The highest BCUT2D eigenvalue weighted by Crippen LogP contribution is 2.11. The van der Waals surface area contributed by atoms with Crippen molar-refractivity contribution in [1.82, 2.24) is 14.9 Å². The van der Waals surface area contributed by atoms with Crippen molar-refractivity contribution in [2.24, 2.45) is 5.73 Å². The topological polar surface area (TPSA) is 95.2 Å². The van der Waals surface area contributed by atoms with Crippen LogP contribution < -0.4 is 5.73 Å². The second-order valence-corrected chi connectivity index (χ2v) is 4.44. The van der Waals surface area contributed by atoms with E-state index in [4.69, 9.17) is 5.73 Å². The number of hydrogen-bond donors (Lipinski definition) is 3. The Labute approximate surface area is 112 Å². The van der Waals surface area contributed by atoms with Crippen molar-refractivity contribution in [3.8, 4) is 0 Å². The Kier molecular flexibility index (Phi) is 5.58. The van der Waals surface area contributed by atoms with Crippen LogP contribution in [0.15, 0.2) is 12.5 Å². The third-order valence-corrected chi connectivity index (χ3v) is 3.09. The van der Waals surface area contributed by atoms with Gasteiger partial charge in [-0.15, -0.1) is 12.4 Å². The largest absolute Gasteiger partial charge is 0.393 e. The number of hydrogen-bond acceptors (Lipinski definition) is 4. The van der Waals surface area contributed by atoms with Gasteiger partial charge in [0.05, 0.1) is 18.5 Å². The molecule has 0 saturated carbocycles. The molecule has 1 atom stereocenters. The van der Waals surface area contributed by atoms with Crippen molar-refractivity contribution in [3.05, 3.63) is 18.2 Å². The number of likely N-dealkylation sites (tertiary alicyclic amines) is 1. The summed E-state index contributed by atoms with van der Waals surface area (Å²) in [5.41, 5.74) is 6.74. The molecule has 1 aromatic rings. The first-order chi connectivity index (χ1) is 8.16. The molecule has 0 aliphatic carbocycles. The third-order valence-electron chi connectivity index (χ3n) is 3.09. The summed E-state index contributed by atoms with van der Waals surface area (Å²) < 4.78 is 0. The fourth-order valence-corrected chi connectivity index (χ4v) is 2.04. The number of nitrogens with zero attached hydrogens (tertiary/aromatic N) is 2. The van der Waals surface area contributed by atoms with E-state index in [9.17, 15) is 9.90 Å². The monoisotopic (exact) mass is 274 g/mol. The van der Waals surface area contributed by atoms with Gasteiger partial charge in [-0.3, -0.25) is 4.79 Å². The number of aliphatic hydroxyl groups excluding tert-OH is 1. The molecule has 1 aliphatic rings. The van der Waals surface area contributed by atoms with Crippen LogP contribution in [0.3, 0.4) is 0 Å². The van der Waals surface area contributed by atoms with Gasteiger partial charge in [-0.05, 0) is 12.8 Å². The minimum Gasteiger partial charge on any atom is -0.393 e. The van der Waals surface area contributed by atoms with Crippen LogP contribution in [0.2, 0.25) is 0 Å². The fraction of sp³-hybridized carbons (Fsp3) is 0.636. The van der Waals surface area contributed by atoms with Crippen molar-refractivity contribution in [2.75, 3.05) is 13.1 Å². The molecule has 0 spiro atoms. The molecular weight excluding hydrogens is 256 g/mol. The Morgan fingerprint density at radius 1 is 1.61 bits per heavy atom. The Morgan fingerprint density at radius 3 is 2.83 bits per heavy atom. The molecule has 102 valence electrons. The predicted molar refractivity (Wildman–Crippen MR) is 69.3 cm³/mol. The molecular formula is C11H19ClN4O2. The van der Waals surface area contributed by atoms with Gasteiger partial charge >= 0.3 is 0 Å². The van der Waals surface area contributed by atoms with Crippen LogP contribution >= 0.6 is 12.4 Å². The summed E-state index contributed by atoms with van der Waals surface area (Å²) >= 11 is 0. The number of aromatic amines is 1. The van der Waals surface area contributed by atoms with Gasteiger partial charge in [-0.1, -0.05) is 0 Å². The molecule has 0 aromatic carbocycles. The molecule has 18 heavy (non-hydrogen) atoms. The molecule has 1 fully saturated rings. The number of nitrogens with one attached hydrogen (secondary N) is 1. The second-order valence-electron chi connectivity index (χ2n) is 4.44. The van der Waals surface area contributed by atoms with E-state index in [2.05, 4.69) is 9.97 Å². The first kappa shape index (κ1) is 14.9. The summed E-state index contributed by atoms with van der Waals surface area (Å²) in [6, 6.07) is -0.536. The maximum Gasteiger partial charge on any atom is 0.239 e. The van der Waals surface area contributed by atoms with Crippen molar-refractivity contribution >= 4 is 18.3 Å². The number of carbonyl (C=O) groups excluding carboxylic acids is 1. The van der Waals surface area contributed by atoms with Crippen molar-refractivity contribution in [1.29, 1.82) is 0 Å². The average Bonchev–Trinajstić information content (AvgIpc) is 2.82. The van der Waals surface area contributed by atoms with Crippen molar-refractivity contribution < 1.29 is 9.90 Å². The minimum absolute atomic E-state index is 0. The lowest BCUT2D eigenvalue weighted by Crippen LogP contribution is -2.48. The van der Waals surface area contributed by atoms with Gasteiger partial charge in [-0.2, -0.15) is 0 Å². The van der Waals surface area contributed by atoms with Crippen LogP contribution in [-0.2, 0) is 11.2 Å². The van der Waals surface area contributed by atoms with Gasteiger partial charge in [0.1, 0.15) is 0 Å². The standard InChI is InChI=1S/C11H18N4O2.ClH/c12-10(5-8-6-13-7-14-8)11(17)15-3-1-9(16)2-4-15;/h6-7,9-10,16H,1-5,12H2,(H,13,14);1H. The van der Waals surface area contributed by atoms with Gasteiger partial charge in [-0.25, -0.2) is 4.98 Å². The SMILES string of the molecule is Cl.NC(Cc1cnc[nH]1)C(=O)N1CCC(O)CC1. The van der Waals surface area contributed by atoms with Gasteiger partial charge in [0.25, 0.3) is 0 Å². The molecule has 2 rings (SSSR count). The van der Waals surface area contributed by atoms with Gasteiger partial charge < -0.3 is 20.7 Å². The zero-order chi connectivity index (χ0) is 12.3. The van der Waals surface area contributed by atoms with E-state index in [0.717, 1.165) is 5.69 Å². The number of nitrogens with two attached hydrogens (primary N) is 1. The first-order valence-corrected chi connectivity index (χ1v) is 5.86. The highest BCUT2D eigenvalue weighted by atomic mass is 35.5. The summed E-state index contributed by atoms with van der Waals surface area (Å²) in [6.07, 6.45) is 4.72. The fourth-order valence-electron chi connectivity index (χ4n) is 2.04. The van der Waals surface area contributed by atoms with Gasteiger partial charge in [0.15, 0.2) is 0 Å². The molecule has 4 N–H and O–H groups in total. The van der Waals surface area contributed by atoms with Crippen LogP contribution in [0.5, 0.6) is 0 Å². The Balaban J connectivity index is 0.00000162. The molecule has 1 unspecified atom stereocenters. The number of amides is 1. The maximum atomic E-state index is 12.0. The van der Waals surface area contributed by atoms with E-state index in [1.54, 1.807) is 17.4 Å². The van der Waals surface area contributed by atoms with Crippen LogP contribution in [0.25, 0.3) is 0 Å². The zero-order valence-electron chi connectivity index (χ0n) is 10.1. The highest BCUT2D eigenvalue weighted by Gasteiger charge is 2.25. The molecule has 6 nitrogen and oxygen atoms in total. The average molecular weight is 275 g/mol. The molecule has 0 radical (unpaired) electrons. The smallest absolute Gasteiger partial charge is 0.239 e. The molecule has 1 aliphatic heterocycles. The number of aromatic nitrogens is 2. The van der Waals surface area contributed by atoms with Gasteiger partial charge in [0, 0.05) is 31.4 Å².